The summed E-state index contributed by atoms with van der Waals surface area (Å²) >= 11 is 0. The number of nitrogens with zero attached hydrogens (tertiary/aromatic N) is 3. The summed E-state index contributed by atoms with van der Waals surface area (Å²) in [7, 11) is 0. The van der Waals surface area contributed by atoms with Crippen LogP contribution in [0.4, 0.5) is 5.69 Å². The van der Waals surface area contributed by atoms with Crippen LogP contribution in [0.3, 0.4) is 0 Å². The number of aromatic carboxylic acids is 1. The topological polar surface area (TPSA) is 98.3 Å². The average Bonchev–Trinajstić information content (AvgIpc) is 3.01. The summed E-state index contributed by atoms with van der Waals surface area (Å²) in [5, 5.41) is 24.6. The van der Waals surface area contributed by atoms with Gasteiger partial charge in [-0.1, -0.05) is 30.3 Å². The zero-order valence-electron chi connectivity index (χ0n) is 11.8. The zero-order chi connectivity index (χ0) is 16.4. The van der Waals surface area contributed by atoms with Crippen molar-refractivity contribution in [3.8, 4) is 16.9 Å². The van der Waals surface area contributed by atoms with Gasteiger partial charge in [0.2, 0.25) is 0 Å². The van der Waals surface area contributed by atoms with Crippen LogP contribution in [0.2, 0.25) is 0 Å². The van der Waals surface area contributed by atoms with Gasteiger partial charge in [0.25, 0.3) is 5.69 Å². The predicted molar refractivity (Wildman–Crippen MR) is 82.6 cm³/mol. The molecule has 0 amide bonds. The minimum absolute atomic E-state index is 0.0191. The maximum Gasteiger partial charge on any atom is 0.339 e. The van der Waals surface area contributed by atoms with Gasteiger partial charge in [0.1, 0.15) is 11.3 Å². The van der Waals surface area contributed by atoms with Crippen molar-refractivity contribution in [3.05, 3.63) is 76.5 Å². The molecule has 0 saturated heterocycles. The highest BCUT2D eigenvalue weighted by Crippen LogP contribution is 2.26. The number of benzene rings is 2. The third-order valence-corrected chi connectivity index (χ3v) is 3.30. The molecule has 0 aliphatic carbocycles. The molecule has 114 valence electrons. The van der Waals surface area contributed by atoms with E-state index in [1.165, 1.54) is 29.1 Å². The molecule has 0 spiro atoms. The molecule has 0 saturated carbocycles. The first-order valence-electron chi connectivity index (χ1n) is 6.69. The van der Waals surface area contributed by atoms with E-state index in [0.717, 1.165) is 0 Å². The predicted octanol–water partition coefficient (Wildman–Crippen LogP) is 3.15. The van der Waals surface area contributed by atoms with Gasteiger partial charge in [-0.3, -0.25) is 10.1 Å². The van der Waals surface area contributed by atoms with Crippen molar-refractivity contribution in [1.29, 1.82) is 0 Å². The number of carboxylic acids is 1. The van der Waals surface area contributed by atoms with Crippen molar-refractivity contribution in [1.82, 2.24) is 9.78 Å². The first-order valence-corrected chi connectivity index (χ1v) is 6.69. The molecule has 23 heavy (non-hydrogen) atoms. The van der Waals surface area contributed by atoms with Crippen LogP contribution >= 0.6 is 0 Å². The fourth-order valence-electron chi connectivity index (χ4n) is 2.22. The Balaban J connectivity index is 2.15. The van der Waals surface area contributed by atoms with Gasteiger partial charge in [-0.15, -0.1) is 0 Å². The standard InChI is InChI=1S/C16H11N3O4/c20-16(21)14-10-18(12-6-2-1-3-7-12)17-15(14)11-5-4-8-13(9-11)19(22)23/h1-10H,(H,20,21). The second kappa shape index (κ2) is 5.72. The summed E-state index contributed by atoms with van der Waals surface area (Å²) in [6, 6.07) is 14.8. The number of hydrogen-bond donors (Lipinski definition) is 1. The molecule has 0 unspecified atom stereocenters. The fourth-order valence-corrected chi connectivity index (χ4v) is 2.22. The fraction of sp³-hybridized carbons (Fsp3) is 0. The Labute approximate surface area is 130 Å². The molecule has 7 nitrogen and oxygen atoms in total. The van der Waals surface area contributed by atoms with Crippen molar-refractivity contribution < 1.29 is 14.8 Å². The number of non-ortho nitro benzene ring substituents is 1. The third-order valence-electron chi connectivity index (χ3n) is 3.30. The van der Waals surface area contributed by atoms with Crippen LogP contribution in [0.15, 0.2) is 60.8 Å². The summed E-state index contributed by atoms with van der Waals surface area (Å²) in [5.74, 6) is -1.14. The smallest absolute Gasteiger partial charge is 0.339 e. The molecule has 3 aromatic rings. The number of nitro benzene ring substituents is 1. The summed E-state index contributed by atoms with van der Waals surface area (Å²) in [5.41, 5.74) is 1.13. The van der Waals surface area contributed by atoms with E-state index in [4.69, 9.17) is 0 Å². The second-order valence-corrected chi connectivity index (χ2v) is 4.78. The van der Waals surface area contributed by atoms with E-state index in [1.807, 2.05) is 18.2 Å². The third kappa shape index (κ3) is 2.80. The van der Waals surface area contributed by atoms with Gasteiger partial charge < -0.3 is 5.11 Å². The van der Waals surface area contributed by atoms with E-state index in [9.17, 15) is 20.0 Å². The summed E-state index contributed by atoms with van der Waals surface area (Å²) in [4.78, 5) is 21.8. The summed E-state index contributed by atoms with van der Waals surface area (Å²) < 4.78 is 1.44. The first-order chi connectivity index (χ1) is 11.1. The minimum Gasteiger partial charge on any atom is -0.478 e. The van der Waals surface area contributed by atoms with Crippen LogP contribution in [0, 0.1) is 10.1 Å². The average molecular weight is 309 g/mol. The van der Waals surface area contributed by atoms with Crippen LogP contribution in [0.25, 0.3) is 16.9 Å². The lowest BCUT2D eigenvalue weighted by molar-refractivity contribution is -0.384. The number of rotatable bonds is 4. The van der Waals surface area contributed by atoms with Crippen molar-refractivity contribution in [2.24, 2.45) is 0 Å². The minimum atomic E-state index is -1.14. The molecule has 0 aliphatic rings. The lowest BCUT2D eigenvalue weighted by atomic mass is 10.1. The largest absolute Gasteiger partial charge is 0.478 e. The molecule has 1 heterocycles. The van der Waals surface area contributed by atoms with E-state index < -0.39 is 10.9 Å². The van der Waals surface area contributed by atoms with Crippen molar-refractivity contribution >= 4 is 11.7 Å². The molecule has 2 aromatic carbocycles. The number of carboxylic acid groups (broad SMARTS) is 1. The molecule has 1 N–H and O–H groups in total. The number of para-hydroxylation sites is 1. The van der Waals surface area contributed by atoms with Crippen LogP contribution in [0.5, 0.6) is 0 Å². The van der Waals surface area contributed by atoms with E-state index in [2.05, 4.69) is 5.10 Å². The lowest BCUT2D eigenvalue weighted by Crippen LogP contribution is -1.97. The Morgan fingerprint density at radius 2 is 1.87 bits per heavy atom. The summed E-state index contributed by atoms with van der Waals surface area (Å²) in [6.07, 6.45) is 1.39. The van der Waals surface area contributed by atoms with E-state index >= 15 is 0 Å². The molecule has 0 fully saturated rings. The van der Waals surface area contributed by atoms with E-state index in [0.29, 0.717) is 11.3 Å². The molecule has 0 atom stereocenters. The Kier molecular flexibility index (Phi) is 3.60. The maximum atomic E-state index is 11.5. The highest BCUT2D eigenvalue weighted by molar-refractivity contribution is 5.95. The van der Waals surface area contributed by atoms with Gasteiger partial charge in [0.05, 0.1) is 10.6 Å². The van der Waals surface area contributed by atoms with E-state index in [-0.39, 0.29) is 16.9 Å². The van der Waals surface area contributed by atoms with Gasteiger partial charge in [0, 0.05) is 23.9 Å². The highest BCUT2D eigenvalue weighted by atomic mass is 16.6. The highest BCUT2D eigenvalue weighted by Gasteiger charge is 2.19. The van der Waals surface area contributed by atoms with Crippen LogP contribution in [-0.2, 0) is 0 Å². The van der Waals surface area contributed by atoms with Crippen LogP contribution < -0.4 is 0 Å². The van der Waals surface area contributed by atoms with Crippen LogP contribution in [-0.4, -0.2) is 25.8 Å². The van der Waals surface area contributed by atoms with Gasteiger partial charge in [-0.05, 0) is 12.1 Å². The van der Waals surface area contributed by atoms with Crippen molar-refractivity contribution in [3.63, 3.8) is 0 Å². The Morgan fingerprint density at radius 3 is 2.52 bits per heavy atom. The van der Waals surface area contributed by atoms with Gasteiger partial charge in [-0.2, -0.15) is 5.10 Å². The monoisotopic (exact) mass is 309 g/mol. The quantitative estimate of drug-likeness (QED) is 0.589. The Bertz CT molecular complexity index is 887. The number of aromatic nitrogens is 2. The normalized spacial score (nSPS) is 10.4. The molecule has 3 rings (SSSR count). The number of carbonyl (C=O) groups is 1. The SMILES string of the molecule is O=C(O)c1cn(-c2ccccc2)nc1-c1cccc([N+](=O)[O-])c1. The number of nitro groups is 1. The molecule has 7 heteroatoms. The van der Waals surface area contributed by atoms with Crippen molar-refractivity contribution in [2.75, 3.05) is 0 Å². The molecular weight excluding hydrogens is 298 g/mol. The number of hydrogen-bond acceptors (Lipinski definition) is 4. The van der Waals surface area contributed by atoms with Gasteiger partial charge >= 0.3 is 5.97 Å². The van der Waals surface area contributed by atoms with Gasteiger partial charge in [0.15, 0.2) is 0 Å². The molecule has 0 bridgehead atoms. The van der Waals surface area contributed by atoms with Gasteiger partial charge in [-0.25, -0.2) is 9.48 Å². The Hall–Kier alpha value is -3.48. The van der Waals surface area contributed by atoms with Crippen LogP contribution in [0.1, 0.15) is 10.4 Å². The molecule has 0 aliphatic heterocycles. The second-order valence-electron chi connectivity index (χ2n) is 4.78. The van der Waals surface area contributed by atoms with Crippen molar-refractivity contribution in [2.45, 2.75) is 0 Å². The lowest BCUT2D eigenvalue weighted by Gasteiger charge is -2.00. The maximum absolute atomic E-state index is 11.5. The summed E-state index contributed by atoms with van der Waals surface area (Å²) in [6.45, 7) is 0. The first kappa shape index (κ1) is 14.5. The Morgan fingerprint density at radius 1 is 1.13 bits per heavy atom. The molecule has 1 aromatic heterocycles. The molecule has 0 radical (unpaired) electrons. The molecular formula is C16H11N3O4. The zero-order valence-corrected chi connectivity index (χ0v) is 11.8. The van der Waals surface area contributed by atoms with E-state index in [1.54, 1.807) is 18.2 Å².